The van der Waals surface area contributed by atoms with Crippen molar-refractivity contribution in [2.45, 2.75) is 25.3 Å². The summed E-state index contributed by atoms with van der Waals surface area (Å²) in [5.41, 5.74) is 20.1. The van der Waals surface area contributed by atoms with Crippen LogP contribution in [0, 0.1) is 11.8 Å². The Hall–Kier alpha value is -6.71. The zero-order chi connectivity index (χ0) is 37.6. The Morgan fingerprint density at radius 3 is 2.25 bits per heavy atom. The number of allylic oxidation sites excluding steroid dienone is 7. The number of fused-ring (bicyclic) bond motifs is 7. The van der Waals surface area contributed by atoms with Crippen molar-refractivity contribution in [1.82, 2.24) is 0 Å². The number of rotatable bonds is 7. The largest absolute Gasteiger partial charge is 0.456 e. The van der Waals surface area contributed by atoms with E-state index in [4.69, 9.17) is 15.1 Å². The highest BCUT2D eigenvalue weighted by molar-refractivity contribution is 6.12. The molecule has 0 amide bonds. The molecule has 0 fully saturated rings. The normalized spacial score (nSPS) is 19.7. The summed E-state index contributed by atoms with van der Waals surface area (Å²) in [5.74, 6) is 0.801. The van der Waals surface area contributed by atoms with Gasteiger partial charge in [-0.2, -0.15) is 0 Å². The first-order chi connectivity index (χ1) is 27.6. The van der Waals surface area contributed by atoms with Crippen LogP contribution in [0.1, 0.15) is 53.1 Å². The highest BCUT2D eigenvalue weighted by Gasteiger charge is 2.38. The summed E-state index contributed by atoms with van der Waals surface area (Å²) < 4.78 is 6.30. The summed E-state index contributed by atoms with van der Waals surface area (Å²) in [7, 11) is 0. The molecule has 1 aromatic heterocycles. The van der Waals surface area contributed by atoms with E-state index in [2.05, 4.69) is 165 Å². The molecule has 10 rings (SSSR count). The van der Waals surface area contributed by atoms with Gasteiger partial charge in [0.25, 0.3) is 0 Å². The third kappa shape index (κ3) is 6.06. The van der Waals surface area contributed by atoms with Gasteiger partial charge in [0.2, 0.25) is 0 Å². The lowest BCUT2D eigenvalue weighted by molar-refractivity contribution is 0.458. The van der Waals surface area contributed by atoms with Crippen molar-refractivity contribution >= 4 is 50.1 Å². The first kappa shape index (κ1) is 33.8. The molecule has 56 heavy (non-hydrogen) atoms. The van der Waals surface area contributed by atoms with Crippen LogP contribution in [0.25, 0.3) is 44.4 Å². The number of benzene rings is 6. The summed E-state index contributed by atoms with van der Waals surface area (Å²) in [5, 5.41) is 4.95. The van der Waals surface area contributed by atoms with Crippen molar-refractivity contribution in [3.63, 3.8) is 0 Å². The number of furan rings is 1. The Morgan fingerprint density at radius 1 is 0.696 bits per heavy atom. The second-order valence-electron chi connectivity index (χ2n) is 15.2. The van der Waals surface area contributed by atoms with Crippen LogP contribution in [0.3, 0.4) is 0 Å². The van der Waals surface area contributed by atoms with E-state index >= 15 is 0 Å². The molecule has 1 heterocycles. The van der Waals surface area contributed by atoms with E-state index in [1.54, 1.807) is 0 Å². The number of nitrogens with zero attached hydrogens (tertiary/aromatic N) is 1. The minimum atomic E-state index is -0.0179. The van der Waals surface area contributed by atoms with Crippen LogP contribution >= 0.6 is 0 Å². The van der Waals surface area contributed by atoms with Crippen molar-refractivity contribution in [1.29, 1.82) is 0 Å². The van der Waals surface area contributed by atoms with Crippen LogP contribution in [0.5, 0.6) is 0 Å². The van der Waals surface area contributed by atoms with Gasteiger partial charge in [-0.05, 0) is 111 Å². The van der Waals surface area contributed by atoms with Crippen LogP contribution in [-0.4, -0.2) is 5.71 Å². The van der Waals surface area contributed by atoms with Crippen LogP contribution in [0.2, 0.25) is 0 Å². The average molecular weight is 723 g/mol. The van der Waals surface area contributed by atoms with E-state index in [9.17, 15) is 0 Å². The maximum absolute atomic E-state index is 7.01. The molecule has 4 unspecified atom stereocenters. The SMILES string of the molecule is CC(N=C(/C=C(\N)c1cccc(C2CC=CC3=c4ccccc4=C4C=C(c5ccc6c(c5)oc5ccccc56)C=CC4C32)c1)c1ccccc1)c1ccccc1. The molecule has 4 atom stereocenters. The number of nitrogens with two attached hydrogens (primary N) is 1. The van der Waals surface area contributed by atoms with Gasteiger partial charge in [0.15, 0.2) is 0 Å². The number of para-hydroxylation sites is 1. The molecule has 0 radical (unpaired) electrons. The van der Waals surface area contributed by atoms with Gasteiger partial charge in [-0.3, -0.25) is 4.99 Å². The van der Waals surface area contributed by atoms with Gasteiger partial charge in [-0.15, -0.1) is 0 Å². The summed E-state index contributed by atoms with van der Waals surface area (Å²) in [6, 6.07) is 53.5. The van der Waals surface area contributed by atoms with Crippen molar-refractivity contribution in [2.24, 2.45) is 22.6 Å². The zero-order valence-corrected chi connectivity index (χ0v) is 31.3. The van der Waals surface area contributed by atoms with E-state index in [1.807, 2.05) is 30.3 Å². The standard InChI is InChI=1S/C53H42N2O/c1-34(35-14-4-2-5-15-35)55-50(36-16-6-3-7-17-36)33-49(54)40-19-12-18-39(30-40)41-23-13-24-46-42-20-8-9-21-43(42)48-31-37(27-29-47(48)53(41)46)38-26-28-45-44-22-10-11-25-51(44)56-52(45)32-38/h2-22,24-34,41,47,53H,23,54H2,1H3/b49-33-,55-50?. The van der Waals surface area contributed by atoms with Crippen LogP contribution in [-0.2, 0) is 0 Å². The summed E-state index contributed by atoms with van der Waals surface area (Å²) in [6.07, 6.45) is 15.0. The van der Waals surface area contributed by atoms with Crippen LogP contribution in [0.4, 0.5) is 0 Å². The molecule has 3 aliphatic carbocycles. The van der Waals surface area contributed by atoms with Gasteiger partial charge >= 0.3 is 0 Å². The lowest BCUT2D eigenvalue weighted by Crippen LogP contribution is -2.42. The monoisotopic (exact) mass is 722 g/mol. The second kappa shape index (κ2) is 14.2. The molecular weight excluding hydrogens is 681 g/mol. The first-order valence-electron chi connectivity index (χ1n) is 19.7. The molecule has 0 aliphatic heterocycles. The predicted octanol–water partition coefficient (Wildman–Crippen LogP) is 11.1. The highest BCUT2D eigenvalue weighted by atomic mass is 16.3. The first-order valence-corrected chi connectivity index (χ1v) is 19.7. The molecule has 3 nitrogen and oxygen atoms in total. The number of aliphatic imine (C=N–C) groups is 1. The Bertz CT molecular complexity index is 2920. The lowest BCUT2D eigenvalue weighted by Gasteiger charge is -2.40. The Morgan fingerprint density at radius 2 is 1.41 bits per heavy atom. The molecule has 3 aliphatic rings. The Balaban J connectivity index is 1.02. The molecule has 0 spiro atoms. The molecule has 3 heteroatoms. The molecule has 0 bridgehead atoms. The maximum Gasteiger partial charge on any atom is 0.136 e. The van der Waals surface area contributed by atoms with E-state index < -0.39 is 0 Å². The Labute approximate surface area is 327 Å². The molecule has 6 aromatic carbocycles. The van der Waals surface area contributed by atoms with E-state index in [-0.39, 0.29) is 23.8 Å². The van der Waals surface area contributed by atoms with Gasteiger partial charge in [-0.1, -0.05) is 152 Å². The van der Waals surface area contributed by atoms with Crippen LogP contribution < -0.4 is 16.2 Å². The molecule has 7 aromatic rings. The average Bonchev–Trinajstić information content (AvgIpc) is 3.64. The van der Waals surface area contributed by atoms with Gasteiger partial charge in [0, 0.05) is 28.3 Å². The summed E-state index contributed by atoms with van der Waals surface area (Å²) in [6.45, 7) is 2.14. The van der Waals surface area contributed by atoms with Gasteiger partial charge in [0.1, 0.15) is 11.2 Å². The maximum atomic E-state index is 7.01. The van der Waals surface area contributed by atoms with Crippen LogP contribution in [0.15, 0.2) is 198 Å². The van der Waals surface area contributed by atoms with E-state index in [0.29, 0.717) is 5.70 Å². The van der Waals surface area contributed by atoms with Gasteiger partial charge < -0.3 is 10.2 Å². The second-order valence-corrected chi connectivity index (χ2v) is 15.2. The molecule has 2 N–H and O–H groups in total. The quantitative estimate of drug-likeness (QED) is 0.167. The number of hydrogen-bond acceptors (Lipinski definition) is 3. The van der Waals surface area contributed by atoms with Gasteiger partial charge in [-0.25, -0.2) is 0 Å². The van der Waals surface area contributed by atoms with Gasteiger partial charge in [0.05, 0.1) is 11.8 Å². The summed E-state index contributed by atoms with van der Waals surface area (Å²) >= 11 is 0. The Kier molecular flexibility index (Phi) is 8.56. The molecule has 0 saturated carbocycles. The lowest BCUT2D eigenvalue weighted by atomic mass is 9.63. The highest BCUT2D eigenvalue weighted by Crippen LogP contribution is 2.48. The minimum absolute atomic E-state index is 0.0179. The third-order valence-corrected chi connectivity index (χ3v) is 11.9. The fraction of sp³-hybridized carbons (Fsp3) is 0.113. The van der Waals surface area contributed by atoms with Crippen molar-refractivity contribution in [2.75, 3.05) is 0 Å². The van der Waals surface area contributed by atoms with Crippen molar-refractivity contribution in [3.8, 4) is 0 Å². The number of hydrogen-bond donors (Lipinski definition) is 1. The minimum Gasteiger partial charge on any atom is -0.456 e. The van der Waals surface area contributed by atoms with E-state index in [0.717, 1.165) is 50.8 Å². The van der Waals surface area contributed by atoms with Crippen molar-refractivity contribution in [3.05, 3.63) is 226 Å². The predicted molar refractivity (Wildman–Crippen MR) is 233 cm³/mol. The topological polar surface area (TPSA) is 51.5 Å². The van der Waals surface area contributed by atoms with E-state index in [1.165, 1.54) is 38.3 Å². The molecular formula is C53H42N2O. The molecule has 0 saturated heterocycles. The molecule has 270 valence electrons. The summed E-state index contributed by atoms with van der Waals surface area (Å²) in [4.78, 5) is 5.19. The zero-order valence-electron chi connectivity index (χ0n) is 31.3. The smallest absolute Gasteiger partial charge is 0.136 e. The van der Waals surface area contributed by atoms with Crippen molar-refractivity contribution < 1.29 is 4.42 Å². The fourth-order valence-corrected chi connectivity index (χ4v) is 9.14. The third-order valence-electron chi connectivity index (χ3n) is 11.9. The fourth-order valence-electron chi connectivity index (χ4n) is 9.14.